The summed E-state index contributed by atoms with van der Waals surface area (Å²) in [6.07, 6.45) is 4.60. The summed E-state index contributed by atoms with van der Waals surface area (Å²) in [5, 5.41) is 9.46. The summed E-state index contributed by atoms with van der Waals surface area (Å²) in [7, 11) is 0. The molecule has 0 bridgehead atoms. The standard InChI is InChI=1S/C20H30N2O3/c1-15(9-16-4-5-19-20(10-16)25-14-24-19)11-22-13-17-3-2-7-21(17)12-18(22)6-8-23/h4-5,10,15,17-18,23H,2-3,6-9,11-14H2,1H3/t15-,17+,18+/m0/s1. The van der Waals surface area contributed by atoms with Crippen LogP contribution in [-0.2, 0) is 6.42 Å². The SMILES string of the molecule is C[C@@H](Cc1ccc2c(c1)OCO2)CN1C[C@H]2CCCN2C[C@H]1CCO. The monoisotopic (exact) mass is 346 g/mol. The topological polar surface area (TPSA) is 45.2 Å². The van der Waals surface area contributed by atoms with Crippen molar-refractivity contribution in [3.05, 3.63) is 23.8 Å². The van der Waals surface area contributed by atoms with Gasteiger partial charge in [-0.15, -0.1) is 0 Å². The summed E-state index contributed by atoms with van der Waals surface area (Å²) in [6, 6.07) is 7.53. The maximum atomic E-state index is 9.46. The van der Waals surface area contributed by atoms with Crippen molar-refractivity contribution in [3.63, 3.8) is 0 Å². The van der Waals surface area contributed by atoms with E-state index >= 15 is 0 Å². The quantitative estimate of drug-likeness (QED) is 0.855. The van der Waals surface area contributed by atoms with Crippen LogP contribution in [0.15, 0.2) is 18.2 Å². The molecule has 0 amide bonds. The highest BCUT2D eigenvalue weighted by Crippen LogP contribution is 2.33. The number of hydrogen-bond acceptors (Lipinski definition) is 5. The number of benzene rings is 1. The molecule has 1 aromatic carbocycles. The minimum absolute atomic E-state index is 0.288. The molecule has 1 N–H and O–H groups in total. The minimum atomic E-state index is 0.288. The number of aliphatic hydroxyl groups is 1. The van der Waals surface area contributed by atoms with Gasteiger partial charge in [-0.3, -0.25) is 9.80 Å². The van der Waals surface area contributed by atoms with E-state index < -0.39 is 0 Å². The Kier molecular flexibility index (Phi) is 5.15. The lowest BCUT2D eigenvalue weighted by Gasteiger charge is -2.44. The molecule has 3 aliphatic heterocycles. The Hall–Kier alpha value is -1.30. The van der Waals surface area contributed by atoms with E-state index in [1.54, 1.807) is 0 Å². The highest BCUT2D eigenvalue weighted by Gasteiger charge is 2.36. The molecule has 0 spiro atoms. The number of ether oxygens (including phenoxy) is 2. The van der Waals surface area contributed by atoms with E-state index in [4.69, 9.17) is 9.47 Å². The van der Waals surface area contributed by atoms with Crippen molar-refractivity contribution in [1.82, 2.24) is 9.80 Å². The molecule has 2 fully saturated rings. The van der Waals surface area contributed by atoms with Gasteiger partial charge in [0, 0.05) is 38.3 Å². The molecule has 5 heteroatoms. The van der Waals surface area contributed by atoms with Gasteiger partial charge in [0.05, 0.1) is 0 Å². The first-order chi connectivity index (χ1) is 12.2. The van der Waals surface area contributed by atoms with Gasteiger partial charge in [-0.25, -0.2) is 0 Å². The lowest BCUT2D eigenvalue weighted by atomic mass is 9.97. The van der Waals surface area contributed by atoms with E-state index in [1.165, 1.54) is 24.9 Å². The van der Waals surface area contributed by atoms with Gasteiger partial charge in [-0.05, 0) is 55.8 Å². The Balaban J connectivity index is 1.37. The third-order valence-corrected chi connectivity index (χ3v) is 5.94. The predicted octanol–water partition coefficient (Wildman–Crippen LogP) is 2.12. The molecule has 3 heterocycles. The molecular formula is C20H30N2O3. The molecule has 5 nitrogen and oxygen atoms in total. The molecule has 0 radical (unpaired) electrons. The highest BCUT2D eigenvalue weighted by molar-refractivity contribution is 5.44. The van der Waals surface area contributed by atoms with Crippen LogP contribution in [0.4, 0.5) is 0 Å². The minimum Gasteiger partial charge on any atom is -0.454 e. The third kappa shape index (κ3) is 3.78. The lowest BCUT2D eigenvalue weighted by Crippen LogP contribution is -2.57. The zero-order chi connectivity index (χ0) is 17.2. The van der Waals surface area contributed by atoms with Crippen molar-refractivity contribution in [1.29, 1.82) is 0 Å². The Morgan fingerprint density at radius 3 is 3.00 bits per heavy atom. The molecule has 25 heavy (non-hydrogen) atoms. The molecular weight excluding hydrogens is 316 g/mol. The number of hydrogen-bond donors (Lipinski definition) is 1. The van der Waals surface area contributed by atoms with Crippen LogP contribution in [0.25, 0.3) is 0 Å². The number of aliphatic hydroxyl groups excluding tert-OH is 1. The number of rotatable bonds is 6. The molecule has 1 aromatic rings. The van der Waals surface area contributed by atoms with Crippen molar-refractivity contribution in [2.75, 3.05) is 39.6 Å². The second kappa shape index (κ2) is 7.52. The van der Waals surface area contributed by atoms with Gasteiger partial charge in [-0.2, -0.15) is 0 Å². The van der Waals surface area contributed by atoms with E-state index in [1.807, 2.05) is 6.07 Å². The number of piperazine rings is 1. The predicted molar refractivity (Wildman–Crippen MR) is 97.1 cm³/mol. The fraction of sp³-hybridized carbons (Fsp3) is 0.700. The Morgan fingerprint density at radius 2 is 2.12 bits per heavy atom. The van der Waals surface area contributed by atoms with E-state index in [2.05, 4.69) is 28.9 Å². The normalized spacial score (nSPS) is 27.4. The summed E-state index contributed by atoms with van der Waals surface area (Å²) in [5.41, 5.74) is 1.31. The lowest BCUT2D eigenvalue weighted by molar-refractivity contribution is 0.0300. The van der Waals surface area contributed by atoms with Crippen molar-refractivity contribution >= 4 is 0 Å². The average molecular weight is 346 g/mol. The van der Waals surface area contributed by atoms with Crippen LogP contribution >= 0.6 is 0 Å². The first-order valence-electron chi connectivity index (χ1n) is 9.70. The van der Waals surface area contributed by atoms with E-state index in [-0.39, 0.29) is 6.61 Å². The summed E-state index contributed by atoms with van der Waals surface area (Å²) >= 11 is 0. The summed E-state index contributed by atoms with van der Waals surface area (Å²) < 4.78 is 10.9. The second-order valence-electron chi connectivity index (χ2n) is 7.91. The molecule has 4 rings (SSSR count). The largest absolute Gasteiger partial charge is 0.454 e. The van der Waals surface area contributed by atoms with Crippen LogP contribution < -0.4 is 9.47 Å². The van der Waals surface area contributed by atoms with E-state index in [9.17, 15) is 5.11 Å². The maximum Gasteiger partial charge on any atom is 0.231 e. The van der Waals surface area contributed by atoms with Gasteiger partial charge in [0.15, 0.2) is 11.5 Å². The van der Waals surface area contributed by atoms with Gasteiger partial charge < -0.3 is 14.6 Å². The molecule has 138 valence electrons. The fourth-order valence-corrected chi connectivity index (χ4v) is 4.73. The summed E-state index contributed by atoms with van der Waals surface area (Å²) in [5.74, 6) is 2.31. The first kappa shape index (κ1) is 17.1. The molecule has 2 saturated heterocycles. The van der Waals surface area contributed by atoms with Gasteiger partial charge in [-0.1, -0.05) is 13.0 Å². The zero-order valence-corrected chi connectivity index (χ0v) is 15.2. The molecule has 0 unspecified atom stereocenters. The van der Waals surface area contributed by atoms with Crippen LogP contribution in [0, 0.1) is 5.92 Å². The summed E-state index contributed by atoms with van der Waals surface area (Å²) in [6.45, 7) is 7.59. The third-order valence-electron chi connectivity index (χ3n) is 5.94. The second-order valence-corrected chi connectivity index (χ2v) is 7.91. The highest BCUT2D eigenvalue weighted by atomic mass is 16.7. The Morgan fingerprint density at radius 1 is 1.24 bits per heavy atom. The van der Waals surface area contributed by atoms with Gasteiger partial charge in [0.25, 0.3) is 0 Å². The van der Waals surface area contributed by atoms with Gasteiger partial charge in [0.2, 0.25) is 6.79 Å². The maximum absolute atomic E-state index is 9.46. The van der Waals surface area contributed by atoms with Crippen LogP contribution in [-0.4, -0.2) is 66.6 Å². The molecule has 0 aliphatic carbocycles. The molecule has 0 saturated carbocycles. The number of nitrogens with zero attached hydrogens (tertiary/aromatic N) is 2. The van der Waals surface area contributed by atoms with Crippen molar-refractivity contribution in [3.8, 4) is 11.5 Å². The summed E-state index contributed by atoms with van der Waals surface area (Å²) in [4.78, 5) is 5.28. The molecule has 0 aromatic heterocycles. The van der Waals surface area contributed by atoms with Crippen LogP contribution in [0.2, 0.25) is 0 Å². The Labute approximate surface area is 150 Å². The van der Waals surface area contributed by atoms with Crippen LogP contribution in [0.5, 0.6) is 11.5 Å². The molecule has 3 atom stereocenters. The zero-order valence-electron chi connectivity index (χ0n) is 15.2. The average Bonchev–Trinajstić information content (AvgIpc) is 3.23. The smallest absolute Gasteiger partial charge is 0.231 e. The van der Waals surface area contributed by atoms with Crippen molar-refractivity contribution < 1.29 is 14.6 Å². The van der Waals surface area contributed by atoms with E-state index in [0.29, 0.717) is 18.8 Å². The van der Waals surface area contributed by atoms with Gasteiger partial charge in [0.1, 0.15) is 0 Å². The fourth-order valence-electron chi connectivity index (χ4n) is 4.73. The van der Waals surface area contributed by atoms with E-state index in [0.717, 1.165) is 50.0 Å². The van der Waals surface area contributed by atoms with Crippen LogP contribution in [0.1, 0.15) is 31.7 Å². The Bertz CT molecular complexity index is 594. The van der Waals surface area contributed by atoms with Gasteiger partial charge >= 0.3 is 0 Å². The van der Waals surface area contributed by atoms with Crippen LogP contribution in [0.3, 0.4) is 0 Å². The number of fused-ring (bicyclic) bond motifs is 2. The van der Waals surface area contributed by atoms with Crippen molar-refractivity contribution in [2.24, 2.45) is 5.92 Å². The molecule has 3 aliphatic rings. The first-order valence-corrected chi connectivity index (χ1v) is 9.70. The van der Waals surface area contributed by atoms with Crippen molar-refractivity contribution in [2.45, 2.75) is 44.7 Å².